The minimum atomic E-state index is -0.460. The van der Waals surface area contributed by atoms with Crippen LogP contribution in [0.4, 0.5) is 11.4 Å². The van der Waals surface area contributed by atoms with Crippen LogP contribution in [0, 0.1) is 16.0 Å². The van der Waals surface area contributed by atoms with Gasteiger partial charge >= 0.3 is 0 Å². The Morgan fingerprint density at radius 1 is 1.33 bits per heavy atom. The predicted octanol–water partition coefficient (Wildman–Crippen LogP) is 3.19. The van der Waals surface area contributed by atoms with Crippen LogP contribution in [0.5, 0.6) is 0 Å². The Balaban J connectivity index is 3.10. The topological polar surface area (TPSA) is 84.3 Å². The molecule has 0 saturated carbocycles. The number of benzene rings is 1. The molecule has 21 heavy (non-hydrogen) atoms. The molecule has 0 spiro atoms. The number of hydrogen-bond donors (Lipinski definition) is 2. The zero-order chi connectivity index (χ0) is 16.0. The SMILES string of the molecule is CCNC(=O)c1ccc(NC(CC)C(C)C)c([N+](=O)[O-])c1. The van der Waals surface area contributed by atoms with Crippen LogP contribution in [-0.2, 0) is 0 Å². The molecule has 1 aromatic carbocycles. The van der Waals surface area contributed by atoms with Crippen molar-refractivity contribution in [3.63, 3.8) is 0 Å². The number of nitro groups is 1. The summed E-state index contributed by atoms with van der Waals surface area (Å²) in [5, 5.41) is 17.1. The number of hydrogen-bond acceptors (Lipinski definition) is 4. The summed E-state index contributed by atoms with van der Waals surface area (Å²) >= 11 is 0. The molecule has 0 aromatic heterocycles. The second kappa shape index (κ2) is 7.61. The van der Waals surface area contributed by atoms with Gasteiger partial charge in [-0.1, -0.05) is 20.8 Å². The van der Waals surface area contributed by atoms with E-state index in [0.29, 0.717) is 23.7 Å². The smallest absolute Gasteiger partial charge is 0.293 e. The van der Waals surface area contributed by atoms with Gasteiger partial charge in [-0.15, -0.1) is 0 Å². The van der Waals surface area contributed by atoms with Crippen molar-refractivity contribution in [2.45, 2.75) is 40.2 Å². The van der Waals surface area contributed by atoms with E-state index in [0.717, 1.165) is 6.42 Å². The lowest BCUT2D eigenvalue weighted by Gasteiger charge is -2.22. The van der Waals surface area contributed by atoms with E-state index in [-0.39, 0.29) is 17.6 Å². The predicted molar refractivity (Wildman–Crippen MR) is 83.6 cm³/mol. The highest BCUT2D eigenvalue weighted by molar-refractivity contribution is 5.95. The van der Waals surface area contributed by atoms with Crippen LogP contribution in [0.2, 0.25) is 0 Å². The summed E-state index contributed by atoms with van der Waals surface area (Å²) in [6, 6.07) is 4.68. The summed E-state index contributed by atoms with van der Waals surface area (Å²) < 4.78 is 0. The third-order valence-electron chi connectivity index (χ3n) is 3.38. The highest BCUT2D eigenvalue weighted by Crippen LogP contribution is 2.27. The molecule has 6 nitrogen and oxygen atoms in total. The number of nitrogens with zero attached hydrogens (tertiary/aromatic N) is 1. The number of anilines is 1. The van der Waals surface area contributed by atoms with E-state index < -0.39 is 4.92 Å². The van der Waals surface area contributed by atoms with Crippen molar-refractivity contribution in [3.8, 4) is 0 Å². The van der Waals surface area contributed by atoms with Gasteiger partial charge in [-0.3, -0.25) is 14.9 Å². The lowest BCUT2D eigenvalue weighted by Crippen LogP contribution is -2.25. The number of carbonyl (C=O) groups excluding carboxylic acids is 1. The lowest BCUT2D eigenvalue weighted by molar-refractivity contribution is -0.384. The molecule has 6 heteroatoms. The fourth-order valence-electron chi connectivity index (χ4n) is 2.15. The zero-order valence-corrected chi connectivity index (χ0v) is 13.0. The molecule has 0 aliphatic rings. The van der Waals surface area contributed by atoms with Crippen LogP contribution >= 0.6 is 0 Å². The van der Waals surface area contributed by atoms with E-state index in [2.05, 4.69) is 24.5 Å². The first-order valence-electron chi connectivity index (χ1n) is 7.23. The molecule has 1 unspecified atom stereocenters. The first-order valence-corrected chi connectivity index (χ1v) is 7.23. The number of rotatable bonds is 7. The van der Waals surface area contributed by atoms with Gasteiger partial charge in [0.1, 0.15) is 5.69 Å². The van der Waals surface area contributed by atoms with Crippen LogP contribution in [0.3, 0.4) is 0 Å². The third kappa shape index (κ3) is 4.44. The second-order valence-electron chi connectivity index (χ2n) is 5.25. The lowest BCUT2D eigenvalue weighted by atomic mass is 10.0. The molecule has 0 aliphatic carbocycles. The van der Waals surface area contributed by atoms with Crippen molar-refractivity contribution >= 4 is 17.3 Å². The first kappa shape index (κ1) is 16.9. The molecule has 2 N–H and O–H groups in total. The van der Waals surface area contributed by atoms with Crippen LogP contribution in [0.25, 0.3) is 0 Å². The Hall–Kier alpha value is -2.11. The molecule has 1 atom stereocenters. The number of carbonyl (C=O) groups is 1. The quantitative estimate of drug-likeness (QED) is 0.597. The van der Waals surface area contributed by atoms with Gasteiger partial charge < -0.3 is 10.6 Å². The Kier molecular flexibility index (Phi) is 6.14. The summed E-state index contributed by atoms with van der Waals surface area (Å²) in [6.07, 6.45) is 0.868. The molecule has 1 aromatic rings. The molecule has 0 fully saturated rings. The first-order chi connectivity index (χ1) is 9.90. The maximum atomic E-state index is 11.8. The van der Waals surface area contributed by atoms with Crippen molar-refractivity contribution < 1.29 is 9.72 Å². The van der Waals surface area contributed by atoms with Crippen molar-refractivity contribution in [2.75, 3.05) is 11.9 Å². The second-order valence-corrected chi connectivity index (χ2v) is 5.25. The van der Waals surface area contributed by atoms with Crippen molar-refractivity contribution in [2.24, 2.45) is 5.92 Å². The van der Waals surface area contributed by atoms with Gasteiger partial charge in [-0.2, -0.15) is 0 Å². The maximum Gasteiger partial charge on any atom is 0.293 e. The van der Waals surface area contributed by atoms with Gasteiger partial charge in [0.2, 0.25) is 0 Å². The Morgan fingerprint density at radius 3 is 2.48 bits per heavy atom. The van der Waals surface area contributed by atoms with Gasteiger partial charge in [0, 0.05) is 24.2 Å². The van der Waals surface area contributed by atoms with E-state index in [9.17, 15) is 14.9 Å². The van der Waals surface area contributed by atoms with E-state index in [1.54, 1.807) is 19.1 Å². The largest absolute Gasteiger partial charge is 0.377 e. The van der Waals surface area contributed by atoms with Gasteiger partial charge in [-0.25, -0.2) is 0 Å². The summed E-state index contributed by atoms with van der Waals surface area (Å²) in [6.45, 7) is 8.45. The minimum Gasteiger partial charge on any atom is -0.377 e. The monoisotopic (exact) mass is 293 g/mol. The summed E-state index contributed by atoms with van der Waals surface area (Å²) in [5.41, 5.74) is 0.679. The Labute approximate surface area is 125 Å². The van der Waals surface area contributed by atoms with Crippen LogP contribution < -0.4 is 10.6 Å². The highest BCUT2D eigenvalue weighted by Gasteiger charge is 2.20. The summed E-state index contributed by atoms with van der Waals surface area (Å²) in [7, 11) is 0. The molecular weight excluding hydrogens is 270 g/mol. The van der Waals surface area contributed by atoms with Crippen molar-refractivity contribution in [1.82, 2.24) is 5.32 Å². The molecule has 0 radical (unpaired) electrons. The molecule has 0 heterocycles. The fourth-order valence-corrected chi connectivity index (χ4v) is 2.15. The average Bonchev–Trinajstić information content (AvgIpc) is 2.44. The van der Waals surface area contributed by atoms with E-state index >= 15 is 0 Å². The Bertz CT molecular complexity index is 515. The highest BCUT2D eigenvalue weighted by atomic mass is 16.6. The molecule has 116 valence electrons. The molecule has 0 aliphatic heterocycles. The number of amides is 1. The van der Waals surface area contributed by atoms with Crippen LogP contribution in [0.1, 0.15) is 44.5 Å². The van der Waals surface area contributed by atoms with Gasteiger partial charge in [0.25, 0.3) is 11.6 Å². The zero-order valence-electron chi connectivity index (χ0n) is 13.0. The average molecular weight is 293 g/mol. The van der Waals surface area contributed by atoms with Crippen molar-refractivity contribution in [1.29, 1.82) is 0 Å². The summed E-state index contributed by atoms with van der Waals surface area (Å²) in [4.78, 5) is 22.5. The number of nitrogens with one attached hydrogen (secondary N) is 2. The van der Waals surface area contributed by atoms with E-state index in [4.69, 9.17) is 0 Å². The van der Waals surface area contributed by atoms with Gasteiger partial charge in [0.05, 0.1) is 4.92 Å². The van der Waals surface area contributed by atoms with Crippen LogP contribution in [0.15, 0.2) is 18.2 Å². The van der Waals surface area contributed by atoms with Crippen LogP contribution in [-0.4, -0.2) is 23.4 Å². The molecule has 1 amide bonds. The molecular formula is C15H23N3O3. The molecule has 0 bridgehead atoms. The minimum absolute atomic E-state index is 0.0714. The summed E-state index contributed by atoms with van der Waals surface area (Å²) in [5.74, 6) is 0.0562. The van der Waals surface area contributed by atoms with E-state index in [1.807, 2.05) is 6.92 Å². The maximum absolute atomic E-state index is 11.8. The molecule has 0 saturated heterocycles. The van der Waals surface area contributed by atoms with Crippen molar-refractivity contribution in [3.05, 3.63) is 33.9 Å². The Morgan fingerprint density at radius 2 is 2.00 bits per heavy atom. The fraction of sp³-hybridized carbons (Fsp3) is 0.533. The molecule has 1 rings (SSSR count). The van der Waals surface area contributed by atoms with E-state index in [1.165, 1.54) is 6.07 Å². The third-order valence-corrected chi connectivity index (χ3v) is 3.38. The standard InChI is InChI=1S/C15H23N3O3/c1-5-12(10(3)4)17-13-8-7-11(15(19)16-6-2)9-14(13)18(20)21/h7-10,12,17H,5-6H2,1-4H3,(H,16,19). The van der Waals surface area contributed by atoms with Gasteiger partial charge in [-0.05, 0) is 31.4 Å². The number of nitro benzene ring substituents is 1. The normalized spacial score (nSPS) is 12.0. The van der Waals surface area contributed by atoms with Gasteiger partial charge in [0.15, 0.2) is 0 Å².